The number of likely N-dealkylation sites (N-methyl/N-ethyl adjacent to an activating group) is 1. The fourth-order valence-electron chi connectivity index (χ4n) is 5.41. The second-order valence-electron chi connectivity index (χ2n) is 14.8. The third kappa shape index (κ3) is 37.3. The van der Waals surface area contributed by atoms with Crippen molar-refractivity contribution in [3.05, 3.63) is 109 Å². The zero-order chi connectivity index (χ0) is 42.1. The van der Waals surface area contributed by atoms with Crippen LogP contribution in [0.1, 0.15) is 129 Å². The van der Waals surface area contributed by atoms with Gasteiger partial charge in [-0.1, -0.05) is 130 Å². The molecule has 0 aromatic rings. The molecule has 0 fully saturated rings. The van der Waals surface area contributed by atoms with E-state index in [0.717, 1.165) is 83.5 Å². The first kappa shape index (κ1) is 53.0. The summed E-state index contributed by atoms with van der Waals surface area (Å²) in [7, 11) is 5.48. The number of carboxylic acid groups (broad SMARTS) is 1. The Morgan fingerprint density at radius 2 is 0.947 bits per heavy atom. The zero-order valence-corrected chi connectivity index (χ0v) is 36.2. The lowest BCUT2D eigenvalue weighted by atomic mass is 10.1. The summed E-state index contributed by atoms with van der Waals surface area (Å²) in [6, 6.07) is -0.634. The average molecular weight is 793 g/mol. The molecule has 0 amide bonds. The predicted octanol–water partition coefficient (Wildman–Crippen LogP) is 11.7. The molecule has 0 aliphatic heterocycles. The lowest BCUT2D eigenvalue weighted by Crippen LogP contribution is -2.50. The largest absolute Gasteiger partial charge is 0.477 e. The van der Waals surface area contributed by atoms with Gasteiger partial charge in [-0.05, 0) is 89.9 Å². The Balaban J connectivity index is 4.47. The summed E-state index contributed by atoms with van der Waals surface area (Å²) in [5, 5.41) is 9.61. The highest BCUT2D eigenvalue weighted by atomic mass is 16.6. The van der Waals surface area contributed by atoms with Crippen molar-refractivity contribution < 1.29 is 38.2 Å². The minimum atomic E-state index is -0.894. The first-order valence-electron chi connectivity index (χ1n) is 21.4. The number of allylic oxidation sites excluding steroid dienone is 18. The zero-order valence-electron chi connectivity index (χ0n) is 36.2. The monoisotopic (exact) mass is 793 g/mol. The highest BCUT2D eigenvalue weighted by molar-refractivity contribution is 5.72. The van der Waals surface area contributed by atoms with Gasteiger partial charge in [0.05, 0.1) is 34.4 Å². The lowest BCUT2D eigenvalue weighted by molar-refractivity contribution is -0.887. The first-order valence-corrected chi connectivity index (χ1v) is 21.4. The number of esters is 2. The minimum Gasteiger partial charge on any atom is -0.477 e. The minimum absolute atomic E-state index is 0.0235. The third-order valence-corrected chi connectivity index (χ3v) is 8.67. The molecule has 8 heteroatoms. The molecule has 0 spiro atoms. The standard InChI is InChI=1S/C49H77NO7/c1-6-8-10-12-14-16-18-19-20-21-22-23-24-25-26-27-28-30-32-34-36-38-40-48(52)57-45(43-55-42-41-46(49(53)54)50(3,4)5)44-56-47(51)39-37-35-33-31-29-17-15-13-11-9-7-2/h8-11,14-17,19-20,22-23,25-26,28,30-31,33,45-46H,6-7,12-13,18,21,24,27,29,32,34-44H2,1-5H3/p+1/b10-8+,11-9+,16-14+,17-15+,20-19+,23-22+,26-25+,30-28+,33-31+. The number of quaternary nitrogens is 1. The van der Waals surface area contributed by atoms with E-state index in [1.807, 2.05) is 21.1 Å². The number of hydrogen-bond donors (Lipinski definition) is 1. The van der Waals surface area contributed by atoms with Crippen LogP contribution in [0.25, 0.3) is 0 Å². The first-order chi connectivity index (χ1) is 27.6. The van der Waals surface area contributed by atoms with E-state index in [1.54, 1.807) is 0 Å². The molecule has 0 aromatic heterocycles. The Bertz CT molecular complexity index is 1290. The fraction of sp³-hybridized carbons (Fsp3) is 0.571. The van der Waals surface area contributed by atoms with E-state index in [1.165, 1.54) is 0 Å². The fourth-order valence-corrected chi connectivity index (χ4v) is 5.41. The van der Waals surface area contributed by atoms with Crippen molar-refractivity contribution >= 4 is 17.9 Å². The van der Waals surface area contributed by atoms with E-state index in [0.29, 0.717) is 19.3 Å². The quantitative estimate of drug-likeness (QED) is 0.0292. The molecule has 8 nitrogen and oxygen atoms in total. The molecule has 57 heavy (non-hydrogen) atoms. The number of aliphatic carboxylic acids is 1. The molecule has 0 aliphatic carbocycles. The number of nitrogens with zero attached hydrogens (tertiary/aromatic N) is 1. The number of carbonyl (C=O) groups is 3. The van der Waals surface area contributed by atoms with Crippen LogP contribution < -0.4 is 0 Å². The van der Waals surface area contributed by atoms with Gasteiger partial charge in [0, 0.05) is 19.3 Å². The maximum absolute atomic E-state index is 12.7. The summed E-state index contributed by atoms with van der Waals surface area (Å²) in [4.78, 5) is 36.9. The summed E-state index contributed by atoms with van der Waals surface area (Å²) in [5.74, 6) is -1.60. The van der Waals surface area contributed by atoms with Crippen LogP contribution in [0.4, 0.5) is 0 Å². The van der Waals surface area contributed by atoms with Gasteiger partial charge in [-0.15, -0.1) is 0 Å². The van der Waals surface area contributed by atoms with Crippen molar-refractivity contribution in [2.24, 2.45) is 0 Å². The number of hydrogen-bond acceptors (Lipinski definition) is 6. The average Bonchev–Trinajstić information content (AvgIpc) is 3.17. The molecule has 0 heterocycles. The van der Waals surface area contributed by atoms with E-state index < -0.39 is 18.1 Å². The van der Waals surface area contributed by atoms with Crippen LogP contribution in [0, 0.1) is 0 Å². The van der Waals surface area contributed by atoms with Gasteiger partial charge in [-0.3, -0.25) is 9.59 Å². The maximum Gasteiger partial charge on any atom is 0.362 e. The summed E-state index contributed by atoms with van der Waals surface area (Å²) in [6.07, 6.45) is 52.9. The summed E-state index contributed by atoms with van der Waals surface area (Å²) < 4.78 is 17.1. The summed E-state index contributed by atoms with van der Waals surface area (Å²) in [5.41, 5.74) is 0. The Morgan fingerprint density at radius 1 is 0.526 bits per heavy atom. The van der Waals surface area contributed by atoms with Crippen LogP contribution in [0.2, 0.25) is 0 Å². The van der Waals surface area contributed by atoms with Crippen LogP contribution in [-0.4, -0.2) is 80.6 Å². The molecule has 0 saturated heterocycles. The lowest BCUT2D eigenvalue weighted by Gasteiger charge is -2.31. The van der Waals surface area contributed by atoms with Gasteiger partial charge in [0.1, 0.15) is 6.61 Å². The van der Waals surface area contributed by atoms with Crippen LogP contribution in [-0.2, 0) is 28.6 Å². The summed E-state index contributed by atoms with van der Waals surface area (Å²) in [6.45, 7) is 4.37. The molecular formula is C49H78NO7+. The van der Waals surface area contributed by atoms with Gasteiger partial charge in [-0.25, -0.2) is 4.79 Å². The van der Waals surface area contributed by atoms with Gasteiger partial charge in [0.15, 0.2) is 12.1 Å². The number of carbonyl (C=O) groups excluding carboxylic acids is 2. The number of ether oxygens (including phenoxy) is 3. The Morgan fingerprint density at radius 3 is 1.39 bits per heavy atom. The highest BCUT2D eigenvalue weighted by Gasteiger charge is 2.31. The molecule has 0 bridgehead atoms. The molecule has 2 unspecified atom stereocenters. The molecular weight excluding hydrogens is 715 g/mol. The van der Waals surface area contributed by atoms with Crippen LogP contribution in [0.5, 0.6) is 0 Å². The number of carboxylic acids is 1. The topological polar surface area (TPSA) is 99.1 Å². The van der Waals surface area contributed by atoms with E-state index >= 15 is 0 Å². The van der Waals surface area contributed by atoms with Crippen molar-refractivity contribution in [2.45, 2.75) is 142 Å². The van der Waals surface area contributed by atoms with Crippen LogP contribution in [0.15, 0.2) is 109 Å². The third-order valence-electron chi connectivity index (χ3n) is 8.67. The van der Waals surface area contributed by atoms with E-state index in [9.17, 15) is 19.5 Å². The maximum atomic E-state index is 12.7. The molecule has 0 aromatic carbocycles. The normalized spacial score (nSPS) is 14.1. The smallest absolute Gasteiger partial charge is 0.362 e. The van der Waals surface area contributed by atoms with Crippen molar-refractivity contribution in [3.63, 3.8) is 0 Å². The van der Waals surface area contributed by atoms with Crippen molar-refractivity contribution in [3.8, 4) is 0 Å². The van der Waals surface area contributed by atoms with Gasteiger partial charge in [0.25, 0.3) is 0 Å². The van der Waals surface area contributed by atoms with Gasteiger partial charge >= 0.3 is 17.9 Å². The Labute approximate surface area is 347 Å². The molecule has 0 aliphatic rings. The molecule has 320 valence electrons. The summed E-state index contributed by atoms with van der Waals surface area (Å²) >= 11 is 0. The molecule has 0 radical (unpaired) electrons. The Kier molecular flexibility index (Phi) is 36.1. The SMILES string of the molecule is CC/C=C/C/C=C/C/C=C/C/C=C/C/C=C/C/C=C/CCCCCC(=O)OC(COCCC(C(=O)O)[N+](C)(C)C)COC(=O)CCC/C=C/C/C=C/C/C=C/CC. The Hall–Kier alpha value is -4.01. The van der Waals surface area contributed by atoms with Gasteiger partial charge in [-0.2, -0.15) is 0 Å². The second kappa shape index (κ2) is 38.8. The van der Waals surface area contributed by atoms with Gasteiger partial charge in [0.2, 0.25) is 0 Å². The van der Waals surface area contributed by atoms with Crippen molar-refractivity contribution in [2.75, 3.05) is 41.0 Å². The van der Waals surface area contributed by atoms with E-state index in [4.69, 9.17) is 14.2 Å². The van der Waals surface area contributed by atoms with Crippen LogP contribution >= 0.6 is 0 Å². The van der Waals surface area contributed by atoms with Crippen molar-refractivity contribution in [1.82, 2.24) is 0 Å². The highest BCUT2D eigenvalue weighted by Crippen LogP contribution is 2.11. The molecule has 1 N–H and O–H groups in total. The van der Waals surface area contributed by atoms with Crippen LogP contribution in [0.3, 0.4) is 0 Å². The molecule has 2 atom stereocenters. The predicted molar refractivity (Wildman–Crippen MR) is 238 cm³/mol. The number of unbranched alkanes of at least 4 members (excludes halogenated alkanes) is 4. The second-order valence-corrected chi connectivity index (χ2v) is 14.8. The number of rotatable bonds is 36. The van der Waals surface area contributed by atoms with Gasteiger partial charge < -0.3 is 23.8 Å². The molecule has 0 rings (SSSR count). The molecule has 0 saturated carbocycles. The van der Waals surface area contributed by atoms with Crippen molar-refractivity contribution in [1.29, 1.82) is 0 Å². The van der Waals surface area contributed by atoms with E-state index in [-0.39, 0.29) is 49.1 Å². The van der Waals surface area contributed by atoms with E-state index in [2.05, 4.69) is 123 Å².